The molecule has 1 aromatic heterocycles. The van der Waals surface area contributed by atoms with Gasteiger partial charge >= 0.3 is 0 Å². The van der Waals surface area contributed by atoms with Crippen molar-refractivity contribution in [2.75, 3.05) is 6.26 Å². The van der Waals surface area contributed by atoms with Gasteiger partial charge in [0.2, 0.25) is 0 Å². The minimum Gasteiger partial charge on any atom is -0.386 e. The quantitative estimate of drug-likeness (QED) is 0.536. The fourth-order valence-corrected chi connectivity index (χ4v) is 4.00. The van der Waals surface area contributed by atoms with E-state index in [1.54, 1.807) is 24.3 Å². The maximum atomic E-state index is 13.0. The number of rotatable bonds is 5. The first-order valence-corrected chi connectivity index (χ1v) is 11.3. The average Bonchev–Trinajstić information content (AvgIpc) is 2.76. The van der Waals surface area contributed by atoms with Crippen LogP contribution in [0.25, 0.3) is 22.0 Å². The summed E-state index contributed by atoms with van der Waals surface area (Å²) in [6, 6.07) is 22.8. The van der Waals surface area contributed by atoms with Crippen molar-refractivity contribution in [3.63, 3.8) is 0 Å². The van der Waals surface area contributed by atoms with Crippen LogP contribution in [0.15, 0.2) is 88.6 Å². The molecule has 0 aliphatic rings. The van der Waals surface area contributed by atoms with Crippen molar-refractivity contribution in [1.82, 2.24) is 9.78 Å². The van der Waals surface area contributed by atoms with E-state index >= 15 is 0 Å². The van der Waals surface area contributed by atoms with E-state index in [0.29, 0.717) is 16.6 Å². The fourth-order valence-electron chi connectivity index (χ4n) is 3.37. The third-order valence-corrected chi connectivity index (χ3v) is 6.08. The van der Waals surface area contributed by atoms with Crippen molar-refractivity contribution in [2.45, 2.75) is 17.5 Å². The smallest absolute Gasteiger partial charge is 0.274 e. The van der Waals surface area contributed by atoms with E-state index in [4.69, 9.17) is 0 Å². The van der Waals surface area contributed by atoms with Gasteiger partial charge < -0.3 is 5.11 Å². The van der Waals surface area contributed by atoms with Crippen LogP contribution >= 0.6 is 0 Å². The molecule has 0 bridgehead atoms. The number of fused-ring (bicyclic) bond motifs is 1. The van der Waals surface area contributed by atoms with Crippen LogP contribution in [0.4, 0.5) is 0 Å². The molecule has 30 heavy (non-hydrogen) atoms. The number of hydrogen-bond donors (Lipinski definition) is 1. The van der Waals surface area contributed by atoms with Crippen LogP contribution < -0.4 is 5.56 Å². The molecule has 152 valence electrons. The van der Waals surface area contributed by atoms with Crippen LogP contribution in [-0.2, 0) is 16.4 Å². The van der Waals surface area contributed by atoms with Gasteiger partial charge in [-0.2, -0.15) is 5.10 Å². The Morgan fingerprint density at radius 3 is 2.13 bits per heavy atom. The Morgan fingerprint density at radius 1 is 0.900 bits per heavy atom. The van der Waals surface area contributed by atoms with E-state index < -0.39 is 15.9 Å². The van der Waals surface area contributed by atoms with Crippen LogP contribution in [0.5, 0.6) is 0 Å². The summed E-state index contributed by atoms with van der Waals surface area (Å²) in [5, 5.41) is 16.5. The van der Waals surface area contributed by atoms with Crippen molar-refractivity contribution >= 4 is 20.6 Å². The lowest BCUT2D eigenvalue weighted by atomic mass is 10.0. The Bertz CT molecular complexity index is 1360. The zero-order valence-corrected chi connectivity index (χ0v) is 17.1. The van der Waals surface area contributed by atoms with Gasteiger partial charge in [-0.15, -0.1) is 0 Å². The molecule has 4 aromatic rings. The molecule has 7 heteroatoms. The Kier molecular flexibility index (Phi) is 5.24. The number of aromatic nitrogens is 2. The first kappa shape index (κ1) is 20.0. The summed E-state index contributed by atoms with van der Waals surface area (Å²) in [5.74, 6) is 0. The van der Waals surface area contributed by atoms with Gasteiger partial charge in [0.05, 0.1) is 28.6 Å². The number of nitrogens with zero attached hydrogens (tertiary/aromatic N) is 2. The molecule has 0 saturated carbocycles. The zero-order chi connectivity index (χ0) is 21.3. The molecule has 0 spiro atoms. The third kappa shape index (κ3) is 3.90. The highest BCUT2D eigenvalue weighted by Gasteiger charge is 2.16. The van der Waals surface area contributed by atoms with Crippen LogP contribution in [0, 0.1) is 0 Å². The van der Waals surface area contributed by atoms with Gasteiger partial charge in [-0.25, -0.2) is 13.1 Å². The Balaban J connectivity index is 1.76. The summed E-state index contributed by atoms with van der Waals surface area (Å²) in [6.07, 6.45) is 0.107. The van der Waals surface area contributed by atoms with E-state index in [1.807, 2.05) is 42.5 Å². The lowest BCUT2D eigenvalue weighted by Gasteiger charge is -2.15. The molecule has 1 unspecified atom stereocenters. The van der Waals surface area contributed by atoms with Crippen molar-refractivity contribution in [3.8, 4) is 11.3 Å². The van der Waals surface area contributed by atoms with E-state index in [9.17, 15) is 18.3 Å². The Labute approximate surface area is 174 Å². The number of sulfone groups is 1. The lowest BCUT2D eigenvalue weighted by Crippen LogP contribution is -2.26. The number of hydrogen-bond acceptors (Lipinski definition) is 5. The zero-order valence-electron chi connectivity index (χ0n) is 16.3. The molecule has 0 fully saturated rings. The van der Waals surface area contributed by atoms with Gasteiger partial charge in [-0.05, 0) is 23.8 Å². The van der Waals surface area contributed by atoms with Gasteiger partial charge in [0.1, 0.15) is 0 Å². The maximum Gasteiger partial charge on any atom is 0.274 e. The van der Waals surface area contributed by atoms with Crippen molar-refractivity contribution in [2.24, 2.45) is 0 Å². The molecular weight excluding hydrogens is 400 g/mol. The van der Waals surface area contributed by atoms with E-state index in [0.717, 1.165) is 17.2 Å². The highest BCUT2D eigenvalue weighted by Crippen LogP contribution is 2.25. The second kappa shape index (κ2) is 7.85. The van der Waals surface area contributed by atoms with Crippen LogP contribution in [0.3, 0.4) is 0 Å². The van der Waals surface area contributed by atoms with E-state index in [2.05, 4.69) is 5.10 Å². The predicted octanol–water partition coefficient (Wildman–Crippen LogP) is 3.20. The predicted molar refractivity (Wildman–Crippen MR) is 116 cm³/mol. The van der Waals surface area contributed by atoms with Crippen molar-refractivity contribution in [3.05, 3.63) is 94.8 Å². The topological polar surface area (TPSA) is 89.3 Å². The minimum absolute atomic E-state index is 0.0538. The highest BCUT2D eigenvalue weighted by molar-refractivity contribution is 7.90. The molecule has 0 aliphatic carbocycles. The molecule has 0 radical (unpaired) electrons. The molecule has 1 N–H and O–H groups in total. The normalized spacial score (nSPS) is 12.7. The van der Waals surface area contributed by atoms with E-state index in [-0.39, 0.29) is 17.0 Å². The van der Waals surface area contributed by atoms with Gasteiger partial charge in [-0.3, -0.25) is 4.79 Å². The van der Waals surface area contributed by atoms with Crippen LogP contribution in [0.1, 0.15) is 11.7 Å². The van der Waals surface area contributed by atoms with Crippen molar-refractivity contribution < 1.29 is 13.5 Å². The van der Waals surface area contributed by atoms with Crippen molar-refractivity contribution in [1.29, 1.82) is 0 Å². The fraction of sp³-hybridized carbons (Fsp3) is 0.130. The Morgan fingerprint density at radius 2 is 1.50 bits per heavy atom. The monoisotopic (exact) mass is 420 g/mol. The molecular formula is C23H20N2O4S. The lowest BCUT2D eigenvalue weighted by molar-refractivity contribution is 0.149. The molecule has 6 nitrogen and oxygen atoms in total. The second-order valence-corrected chi connectivity index (χ2v) is 9.12. The van der Waals surface area contributed by atoms with E-state index in [1.165, 1.54) is 16.8 Å². The number of aliphatic hydroxyl groups excluding tert-OH is 1. The summed E-state index contributed by atoms with van der Waals surface area (Å²) in [6.45, 7) is -0.0538. The Hall–Kier alpha value is -3.29. The molecule has 0 amide bonds. The summed E-state index contributed by atoms with van der Waals surface area (Å²) in [4.78, 5) is 13.1. The van der Waals surface area contributed by atoms with Gasteiger partial charge in [0, 0.05) is 17.2 Å². The highest BCUT2D eigenvalue weighted by atomic mass is 32.2. The SMILES string of the molecule is CS(=O)(=O)c1ccc(C(O)Cn2nc(-c3ccccc3)c3ccccc3c2=O)cc1. The molecule has 0 saturated heterocycles. The summed E-state index contributed by atoms with van der Waals surface area (Å²) in [5.41, 5.74) is 1.74. The summed E-state index contributed by atoms with van der Waals surface area (Å²) in [7, 11) is -3.32. The summed E-state index contributed by atoms with van der Waals surface area (Å²) < 4.78 is 24.5. The van der Waals surface area contributed by atoms with Gasteiger partial charge in [0.25, 0.3) is 5.56 Å². The molecule has 0 aliphatic heterocycles. The maximum absolute atomic E-state index is 13.0. The molecule has 1 heterocycles. The number of benzene rings is 3. The minimum atomic E-state index is -3.32. The third-order valence-electron chi connectivity index (χ3n) is 4.95. The first-order chi connectivity index (χ1) is 14.3. The first-order valence-electron chi connectivity index (χ1n) is 9.38. The molecule has 1 atom stereocenters. The molecule has 3 aromatic carbocycles. The largest absolute Gasteiger partial charge is 0.386 e. The van der Waals surface area contributed by atoms with Crippen LogP contribution in [0.2, 0.25) is 0 Å². The second-order valence-electron chi connectivity index (χ2n) is 7.10. The average molecular weight is 420 g/mol. The summed E-state index contributed by atoms with van der Waals surface area (Å²) >= 11 is 0. The van der Waals surface area contributed by atoms with Gasteiger partial charge in [-0.1, -0.05) is 60.7 Å². The van der Waals surface area contributed by atoms with Gasteiger partial charge in [0.15, 0.2) is 9.84 Å². The van der Waals surface area contributed by atoms with Crippen LogP contribution in [-0.4, -0.2) is 29.6 Å². The standard InChI is InChI=1S/C23H20N2O4S/c1-30(28,29)18-13-11-16(12-14-18)21(26)15-25-23(27)20-10-6-5-9-19(20)22(24-25)17-7-3-2-4-8-17/h2-14,21,26H,15H2,1H3. The number of aliphatic hydroxyl groups is 1. The molecule has 4 rings (SSSR count).